The van der Waals surface area contributed by atoms with Crippen molar-refractivity contribution in [1.82, 2.24) is 0 Å². The Morgan fingerprint density at radius 1 is 1.00 bits per heavy atom. The Bertz CT molecular complexity index is 1240. The van der Waals surface area contributed by atoms with Gasteiger partial charge in [0.25, 0.3) is 0 Å². The number of nitrogens with two attached hydrogens (primary N) is 1. The van der Waals surface area contributed by atoms with E-state index < -0.39 is 11.9 Å². The molecule has 4 rings (SSSR count). The van der Waals surface area contributed by atoms with Crippen LogP contribution in [0.2, 0.25) is 0 Å². The zero-order chi connectivity index (χ0) is 21.3. The van der Waals surface area contributed by atoms with Crippen LogP contribution in [0.5, 0.6) is 5.75 Å². The molecular formula is C23H21N3O4. The zero-order valence-electron chi connectivity index (χ0n) is 16.6. The summed E-state index contributed by atoms with van der Waals surface area (Å²) >= 11 is 0. The first-order valence-electron chi connectivity index (χ1n) is 9.43. The Morgan fingerprint density at radius 2 is 1.73 bits per heavy atom. The molecule has 0 radical (unpaired) electrons. The van der Waals surface area contributed by atoms with Gasteiger partial charge in [0, 0.05) is 28.1 Å². The number of primary amides is 1. The predicted octanol–water partition coefficient (Wildman–Crippen LogP) is 4.13. The number of benzene rings is 3. The molecule has 30 heavy (non-hydrogen) atoms. The van der Waals surface area contributed by atoms with Crippen LogP contribution in [-0.4, -0.2) is 25.0 Å². The fraction of sp³-hybridized carbons (Fsp3) is 0.130. The van der Waals surface area contributed by atoms with E-state index in [1.54, 1.807) is 38.3 Å². The molecule has 1 atom stereocenters. The van der Waals surface area contributed by atoms with Gasteiger partial charge in [-0.05, 0) is 43.3 Å². The minimum absolute atomic E-state index is 0.242. The maximum atomic E-state index is 12.6. The molecule has 0 bridgehead atoms. The van der Waals surface area contributed by atoms with Crippen molar-refractivity contribution in [1.29, 1.82) is 0 Å². The predicted molar refractivity (Wildman–Crippen MR) is 117 cm³/mol. The minimum Gasteiger partial charge on any atom is -0.495 e. The van der Waals surface area contributed by atoms with Crippen LogP contribution in [-0.2, 0) is 4.79 Å². The summed E-state index contributed by atoms with van der Waals surface area (Å²) in [6.07, 6.45) is 0. The summed E-state index contributed by atoms with van der Waals surface area (Å²) < 4.78 is 11.5. The molecule has 0 saturated carbocycles. The fourth-order valence-electron chi connectivity index (χ4n) is 3.30. The monoisotopic (exact) mass is 403 g/mol. The average molecular weight is 403 g/mol. The lowest BCUT2D eigenvalue weighted by Gasteiger charge is -2.17. The zero-order valence-corrected chi connectivity index (χ0v) is 16.6. The maximum absolute atomic E-state index is 12.6. The Labute approximate surface area is 172 Å². The van der Waals surface area contributed by atoms with Crippen LogP contribution in [0.4, 0.5) is 11.4 Å². The number of nitrogens with one attached hydrogen (secondary N) is 2. The molecule has 4 N–H and O–H groups in total. The van der Waals surface area contributed by atoms with Crippen molar-refractivity contribution in [3.8, 4) is 5.75 Å². The summed E-state index contributed by atoms with van der Waals surface area (Å²) in [5.41, 5.74) is 8.32. The molecule has 0 saturated heterocycles. The van der Waals surface area contributed by atoms with Gasteiger partial charge in [0.15, 0.2) is 0 Å². The van der Waals surface area contributed by atoms with E-state index >= 15 is 0 Å². The molecule has 7 heteroatoms. The van der Waals surface area contributed by atoms with Crippen LogP contribution < -0.4 is 21.1 Å². The van der Waals surface area contributed by atoms with Gasteiger partial charge < -0.3 is 25.5 Å². The van der Waals surface area contributed by atoms with Gasteiger partial charge in [0.2, 0.25) is 11.8 Å². The van der Waals surface area contributed by atoms with E-state index in [9.17, 15) is 9.59 Å². The lowest BCUT2D eigenvalue weighted by atomic mass is 10.1. The number of methoxy groups -OCH3 is 1. The van der Waals surface area contributed by atoms with Gasteiger partial charge >= 0.3 is 0 Å². The van der Waals surface area contributed by atoms with Gasteiger partial charge in [-0.1, -0.05) is 18.2 Å². The second kappa shape index (κ2) is 7.79. The summed E-state index contributed by atoms with van der Waals surface area (Å²) in [6, 6.07) is 17.3. The molecule has 0 spiro atoms. The molecule has 1 heterocycles. The first kappa shape index (κ1) is 19.3. The second-order valence-corrected chi connectivity index (χ2v) is 6.94. The molecule has 0 unspecified atom stereocenters. The van der Waals surface area contributed by atoms with E-state index in [0.29, 0.717) is 28.3 Å². The number of ether oxygens (including phenoxy) is 1. The van der Waals surface area contributed by atoms with Gasteiger partial charge in [-0.25, -0.2) is 0 Å². The third-order valence-corrected chi connectivity index (χ3v) is 4.90. The molecule has 3 aromatic carbocycles. The largest absolute Gasteiger partial charge is 0.495 e. The summed E-state index contributed by atoms with van der Waals surface area (Å²) in [4.78, 5) is 23.8. The molecule has 152 valence electrons. The summed E-state index contributed by atoms with van der Waals surface area (Å²) in [5.74, 6) is -0.149. The number of anilines is 2. The van der Waals surface area contributed by atoms with Crippen molar-refractivity contribution in [3.63, 3.8) is 0 Å². The van der Waals surface area contributed by atoms with Gasteiger partial charge in [0.05, 0.1) is 12.8 Å². The third kappa shape index (κ3) is 3.65. The number of furan rings is 1. The summed E-state index contributed by atoms with van der Waals surface area (Å²) in [6.45, 7) is 1.75. The maximum Gasteiger partial charge on any atom is 0.248 e. The Hall–Kier alpha value is -4.00. The van der Waals surface area contributed by atoms with Crippen LogP contribution in [0, 0.1) is 0 Å². The normalized spacial score (nSPS) is 11.9. The van der Waals surface area contributed by atoms with Crippen LogP contribution in [0.1, 0.15) is 17.3 Å². The summed E-state index contributed by atoms with van der Waals surface area (Å²) in [5, 5.41) is 7.93. The van der Waals surface area contributed by atoms with Crippen LogP contribution in [0.3, 0.4) is 0 Å². The minimum atomic E-state index is -0.559. The standard InChI is InChI=1S/C23H21N3O4/c1-13(23(28)26-15-9-7-14(8-10-15)22(24)27)25-18-12-20-17(11-21(18)29-2)16-5-3-4-6-19(16)30-20/h3-13,25H,1-2H3,(H2,24,27)(H,26,28)/t13-/m1/s1. The highest BCUT2D eigenvalue weighted by Gasteiger charge is 2.18. The molecule has 2 amide bonds. The highest BCUT2D eigenvalue weighted by Crippen LogP contribution is 2.36. The highest BCUT2D eigenvalue weighted by molar-refractivity contribution is 6.07. The van der Waals surface area contributed by atoms with Crippen LogP contribution >= 0.6 is 0 Å². The van der Waals surface area contributed by atoms with Crippen molar-refractivity contribution in [2.75, 3.05) is 17.7 Å². The molecular weight excluding hydrogens is 382 g/mol. The molecule has 7 nitrogen and oxygen atoms in total. The van der Waals surface area contributed by atoms with Gasteiger partial charge in [-0.15, -0.1) is 0 Å². The van der Waals surface area contributed by atoms with Crippen molar-refractivity contribution in [2.24, 2.45) is 5.73 Å². The topological polar surface area (TPSA) is 107 Å². The molecule has 0 aliphatic carbocycles. The second-order valence-electron chi connectivity index (χ2n) is 6.94. The van der Waals surface area contributed by atoms with E-state index in [0.717, 1.165) is 16.4 Å². The molecule has 0 aliphatic heterocycles. The lowest BCUT2D eigenvalue weighted by Crippen LogP contribution is -2.32. The Morgan fingerprint density at radius 3 is 2.43 bits per heavy atom. The number of fused-ring (bicyclic) bond motifs is 3. The van der Waals surface area contributed by atoms with E-state index in [1.165, 1.54) is 0 Å². The number of carbonyl (C=O) groups excluding carboxylic acids is 2. The number of carbonyl (C=O) groups is 2. The highest BCUT2D eigenvalue weighted by atomic mass is 16.5. The quantitative estimate of drug-likeness (QED) is 0.449. The van der Waals surface area contributed by atoms with Crippen LogP contribution in [0.25, 0.3) is 21.9 Å². The first-order chi connectivity index (χ1) is 14.5. The number of hydrogen-bond acceptors (Lipinski definition) is 5. The lowest BCUT2D eigenvalue weighted by molar-refractivity contribution is -0.116. The number of para-hydroxylation sites is 1. The van der Waals surface area contributed by atoms with Crippen LogP contribution in [0.15, 0.2) is 65.1 Å². The number of amides is 2. The smallest absolute Gasteiger partial charge is 0.248 e. The van der Waals surface area contributed by atoms with Crippen molar-refractivity contribution in [3.05, 3.63) is 66.2 Å². The van der Waals surface area contributed by atoms with E-state index in [4.69, 9.17) is 14.9 Å². The van der Waals surface area contributed by atoms with Gasteiger partial charge in [0.1, 0.15) is 23.0 Å². The average Bonchev–Trinajstić information content (AvgIpc) is 3.10. The molecule has 0 fully saturated rings. The summed E-state index contributed by atoms with van der Waals surface area (Å²) in [7, 11) is 1.58. The van der Waals surface area contributed by atoms with Gasteiger partial charge in [-0.2, -0.15) is 0 Å². The van der Waals surface area contributed by atoms with Crippen molar-refractivity contribution < 1.29 is 18.7 Å². The SMILES string of the molecule is COc1cc2c(cc1N[C@H](C)C(=O)Nc1ccc(C(N)=O)cc1)oc1ccccc12. The molecule has 0 aliphatic rings. The fourth-order valence-corrected chi connectivity index (χ4v) is 3.30. The van der Waals surface area contributed by atoms with E-state index in [2.05, 4.69) is 10.6 Å². The molecule has 1 aromatic heterocycles. The van der Waals surface area contributed by atoms with E-state index in [-0.39, 0.29) is 5.91 Å². The van der Waals surface area contributed by atoms with Crippen molar-refractivity contribution >= 4 is 45.1 Å². The van der Waals surface area contributed by atoms with Gasteiger partial charge in [-0.3, -0.25) is 9.59 Å². The molecule has 4 aromatic rings. The van der Waals surface area contributed by atoms with Crippen molar-refractivity contribution in [2.45, 2.75) is 13.0 Å². The number of hydrogen-bond donors (Lipinski definition) is 3. The van der Waals surface area contributed by atoms with E-state index in [1.807, 2.05) is 36.4 Å². The first-order valence-corrected chi connectivity index (χ1v) is 9.43. The third-order valence-electron chi connectivity index (χ3n) is 4.90. The Kier molecular flexibility index (Phi) is 5.02. The number of rotatable bonds is 6. The Balaban J connectivity index is 1.55.